The van der Waals surface area contributed by atoms with Crippen molar-refractivity contribution in [2.75, 3.05) is 11.9 Å². The summed E-state index contributed by atoms with van der Waals surface area (Å²) in [6.45, 7) is 6.38. The maximum atomic E-state index is 12.4. The first-order valence-electron chi connectivity index (χ1n) is 12.1. The Morgan fingerprint density at radius 1 is 1.22 bits per heavy atom. The number of rotatable bonds is 8. The fraction of sp³-hybridized carbons (Fsp3) is 0.296. The number of hydrogen-bond donors (Lipinski definition) is 1. The maximum absolute atomic E-state index is 12.4. The van der Waals surface area contributed by atoms with Crippen molar-refractivity contribution < 1.29 is 9.53 Å². The summed E-state index contributed by atoms with van der Waals surface area (Å²) in [6.07, 6.45) is 9.27. The predicted octanol–water partition coefficient (Wildman–Crippen LogP) is 5.11. The third kappa shape index (κ3) is 4.93. The minimum atomic E-state index is -0.408. The fourth-order valence-corrected chi connectivity index (χ4v) is 4.45. The van der Waals surface area contributed by atoms with E-state index in [1.807, 2.05) is 28.9 Å². The standard InChI is InChI=1S/C27H26ClN7O2/c1-5-18-9-11-20(12-10-18)25-24(28)26(34(33-25)14-19-7-8-19)31-21-13-22(30-15-29-21)35-17(4)23(16(3)32-35)27(36)37-6-2/h1,9-13,15,19H,6-8,14H2,2-4H3,(H,29,30,31). The van der Waals surface area contributed by atoms with Gasteiger partial charge in [-0.05, 0) is 51.7 Å². The molecule has 1 aromatic carbocycles. The number of terminal acetylenes is 1. The lowest BCUT2D eigenvalue weighted by Crippen LogP contribution is -2.09. The minimum Gasteiger partial charge on any atom is -0.462 e. The number of aryl methyl sites for hydroxylation is 1. The largest absolute Gasteiger partial charge is 0.462 e. The lowest BCUT2D eigenvalue weighted by atomic mass is 10.1. The van der Waals surface area contributed by atoms with E-state index in [0.29, 0.717) is 51.0 Å². The number of carbonyl (C=O) groups is 1. The van der Waals surface area contributed by atoms with Gasteiger partial charge in [-0.25, -0.2) is 24.1 Å². The van der Waals surface area contributed by atoms with Crippen LogP contribution in [0.2, 0.25) is 5.02 Å². The number of benzene rings is 1. The lowest BCUT2D eigenvalue weighted by molar-refractivity contribution is 0.0524. The van der Waals surface area contributed by atoms with Crippen LogP contribution in [0.4, 0.5) is 11.6 Å². The average Bonchev–Trinajstić information content (AvgIpc) is 3.60. The van der Waals surface area contributed by atoms with Crippen LogP contribution in [0.15, 0.2) is 36.7 Å². The van der Waals surface area contributed by atoms with Gasteiger partial charge in [0.1, 0.15) is 34.2 Å². The van der Waals surface area contributed by atoms with Gasteiger partial charge in [-0.3, -0.25) is 0 Å². The Hall–Kier alpha value is -4.16. The summed E-state index contributed by atoms with van der Waals surface area (Å²) in [7, 11) is 0. The van der Waals surface area contributed by atoms with Crippen LogP contribution in [0.3, 0.4) is 0 Å². The summed E-state index contributed by atoms with van der Waals surface area (Å²) in [4.78, 5) is 21.2. The number of nitrogens with zero attached hydrogens (tertiary/aromatic N) is 6. The molecule has 188 valence electrons. The van der Waals surface area contributed by atoms with Gasteiger partial charge in [0.2, 0.25) is 0 Å². The molecular weight excluding hydrogens is 490 g/mol. The number of anilines is 2. The molecular formula is C27H26ClN7O2. The number of ether oxygens (including phenoxy) is 1. The second-order valence-electron chi connectivity index (χ2n) is 8.92. The number of esters is 1. The van der Waals surface area contributed by atoms with Crippen molar-refractivity contribution in [1.82, 2.24) is 29.5 Å². The molecule has 5 rings (SSSR count). The van der Waals surface area contributed by atoms with E-state index in [0.717, 1.165) is 17.7 Å². The topological polar surface area (TPSA) is 99.8 Å². The highest BCUT2D eigenvalue weighted by molar-refractivity contribution is 6.35. The van der Waals surface area contributed by atoms with Gasteiger partial charge in [0.25, 0.3) is 0 Å². The number of nitrogens with one attached hydrogen (secondary N) is 1. The quantitative estimate of drug-likeness (QED) is 0.257. The fourth-order valence-electron chi connectivity index (χ4n) is 4.16. The summed E-state index contributed by atoms with van der Waals surface area (Å²) in [6, 6.07) is 9.33. The Balaban J connectivity index is 1.49. The molecule has 1 N–H and O–H groups in total. The molecule has 0 bridgehead atoms. The van der Waals surface area contributed by atoms with Crippen molar-refractivity contribution in [2.45, 2.75) is 40.2 Å². The van der Waals surface area contributed by atoms with Crippen LogP contribution in [0, 0.1) is 32.1 Å². The molecule has 3 heterocycles. The number of aromatic nitrogens is 6. The van der Waals surface area contributed by atoms with Crippen LogP contribution in [0.1, 0.15) is 47.1 Å². The Morgan fingerprint density at radius 2 is 1.97 bits per heavy atom. The Kier molecular flexibility index (Phi) is 6.68. The van der Waals surface area contributed by atoms with Crippen molar-refractivity contribution in [2.24, 2.45) is 5.92 Å². The van der Waals surface area contributed by atoms with Crippen molar-refractivity contribution in [3.05, 3.63) is 64.2 Å². The molecule has 0 spiro atoms. The Labute approximate surface area is 219 Å². The van der Waals surface area contributed by atoms with Gasteiger partial charge in [-0.1, -0.05) is 29.7 Å². The van der Waals surface area contributed by atoms with Crippen molar-refractivity contribution >= 4 is 29.2 Å². The summed E-state index contributed by atoms with van der Waals surface area (Å²) in [5.41, 5.74) is 3.96. The zero-order chi connectivity index (χ0) is 26.1. The third-order valence-corrected chi connectivity index (χ3v) is 6.59. The van der Waals surface area contributed by atoms with Crippen LogP contribution in [-0.2, 0) is 11.3 Å². The van der Waals surface area contributed by atoms with Crippen molar-refractivity contribution in [3.63, 3.8) is 0 Å². The van der Waals surface area contributed by atoms with Gasteiger partial charge in [0, 0.05) is 23.7 Å². The van der Waals surface area contributed by atoms with Gasteiger partial charge in [-0.2, -0.15) is 10.2 Å². The van der Waals surface area contributed by atoms with E-state index in [4.69, 9.17) is 27.9 Å². The zero-order valence-electron chi connectivity index (χ0n) is 20.8. The molecule has 1 aliphatic carbocycles. The lowest BCUT2D eigenvalue weighted by Gasteiger charge is -2.11. The first-order chi connectivity index (χ1) is 17.9. The van der Waals surface area contributed by atoms with Gasteiger partial charge in [0.05, 0.1) is 18.0 Å². The van der Waals surface area contributed by atoms with E-state index < -0.39 is 5.97 Å². The van der Waals surface area contributed by atoms with Crippen LogP contribution < -0.4 is 5.32 Å². The molecule has 37 heavy (non-hydrogen) atoms. The molecule has 3 aromatic heterocycles. The van der Waals surface area contributed by atoms with E-state index in [1.54, 1.807) is 31.5 Å². The second-order valence-corrected chi connectivity index (χ2v) is 9.30. The molecule has 0 aliphatic heterocycles. The molecule has 0 unspecified atom stereocenters. The summed E-state index contributed by atoms with van der Waals surface area (Å²) in [5.74, 6) is 4.46. The first kappa shape index (κ1) is 24.5. The Morgan fingerprint density at radius 3 is 2.65 bits per heavy atom. The van der Waals surface area contributed by atoms with Gasteiger partial charge in [0.15, 0.2) is 5.82 Å². The highest BCUT2D eigenvalue weighted by Crippen LogP contribution is 2.38. The van der Waals surface area contributed by atoms with E-state index in [-0.39, 0.29) is 6.61 Å². The molecule has 9 nitrogen and oxygen atoms in total. The van der Waals surface area contributed by atoms with Gasteiger partial charge in [-0.15, -0.1) is 6.42 Å². The van der Waals surface area contributed by atoms with E-state index >= 15 is 0 Å². The summed E-state index contributed by atoms with van der Waals surface area (Å²) in [5, 5.41) is 13.2. The molecule has 0 saturated heterocycles. The van der Waals surface area contributed by atoms with Crippen LogP contribution in [-0.4, -0.2) is 42.1 Å². The molecule has 0 radical (unpaired) electrons. The van der Waals surface area contributed by atoms with Crippen molar-refractivity contribution in [3.8, 4) is 29.4 Å². The Bertz CT molecular complexity index is 1510. The predicted molar refractivity (Wildman–Crippen MR) is 141 cm³/mol. The summed E-state index contributed by atoms with van der Waals surface area (Å²) >= 11 is 6.86. The number of halogens is 1. The molecule has 0 atom stereocenters. The van der Waals surface area contributed by atoms with E-state index in [2.05, 4.69) is 26.3 Å². The molecule has 1 saturated carbocycles. The SMILES string of the molecule is C#Cc1ccc(-c2nn(CC3CC3)c(Nc3cc(-n4nc(C)c(C(=O)OCC)c4C)ncn3)c2Cl)cc1. The molecule has 4 aromatic rings. The number of hydrogen-bond acceptors (Lipinski definition) is 7. The minimum absolute atomic E-state index is 0.288. The summed E-state index contributed by atoms with van der Waals surface area (Å²) < 4.78 is 8.69. The van der Waals surface area contributed by atoms with Crippen LogP contribution >= 0.6 is 11.6 Å². The van der Waals surface area contributed by atoms with E-state index in [9.17, 15) is 4.79 Å². The first-order valence-corrected chi connectivity index (χ1v) is 12.4. The normalized spacial score (nSPS) is 12.8. The number of carbonyl (C=O) groups excluding carboxylic acids is 1. The van der Waals surface area contributed by atoms with Crippen LogP contribution in [0.25, 0.3) is 17.1 Å². The van der Waals surface area contributed by atoms with Gasteiger partial charge < -0.3 is 10.1 Å². The van der Waals surface area contributed by atoms with Crippen molar-refractivity contribution in [1.29, 1.82) is 0 Å². The smallest absolute Gasteiger partial charge is 0.341 e. The second kappa shape index (κ2) is 10.1. The van der Waals surface area contributed by atoms with Crippen LogP contribution in [0.5, 0.6) is 0 Å². The maximum Gasteiger partial charge on any atom is 0.341 e. The monoisotopic (exact) mass is 515 g/mol. The highest BCUT2D eigenvalue weighted by Gasteiger charge is 2.27. The molecule has 0 amide bonds. The molecule has 1 fully saturated rings. The van der Waals surface area contributed by atoms with Gasteiger partial charge >= 0.3 is 5.97 Å². The average molecular weight is 516 g/mol. The highest BCUT2D eigenvalue weighted by atomic mass is 35.5. The third-order valence-electron chi connectivity index (χ3n) is 6.23. The zero-order valence-corrected chi connectivity index (χ0v) is 21.6. The molecule has 1 aliphatic rings. The van der Waals surface area contributed by atoms with E-state index in [1.165, 1.54) is 19.2 Å². The molecule has 10 heteroatoms.